The zero-order valence-corrected chi connectivity index (χ0v) is 13.6. The van der Waals surface area contributed by atoms with Crippen molar-refractivity contribution in [1.82, 2.24) is 0 Å². The summed E-state index contributed by atoms with van der Waals surface area (Å²) in [5.41, 5.74) is 0. The smallest absolute Gasteiger partial charge is 0.263 e. The maximum absolute atomic E-state index is 11.3. The molecule has 0 saturated heterocycles. The molecule has 152 valence electrons. The fraction of sp³-hybridized carbons (Fsp3) is 1.00. The molecule has 0 amide bonds. The standard InChI is InChI=1S/C8H12N6O13/c1-3-5(9(15)16)7(11(19)20,12(21)22)27-8(13(23)24,14(25)26)6(4-2)10(17)18/h5-6H,3-4H2,1-2H3. The first-order chi connectivity index (χ1) is 12.3. The van der Waals surface area contributed by atoms with Gasteiger partial charge in [0.1, 0.15) is 19.7 Å². The zero-order chi connectivity index (χ0) is 21.7. The van der Waals surface area contributed by atoms with E-state index in [9.17, 15) is 60.7 Å². The predicted molar refractivity (Wildman–Crippen MR) is 76.7 cm³/mol. The van der Waals surface area contributed by atoms with Crippen LogP contribution in [0.1, 0.15) is 26.7 Å². The number of nitro groups is 6. The molecular weight excluding hydrogens is 388 g/mol. The Morgan fingerprint density at radius 3 is 0.963 bits per heavy atom. The van der Waals surface area contributed by atoms with Gasteiger partial charge in [0, 0.05) is 22.7 Å². The Bertz CT molecular complexity index is 594. The van der Waals surface area contributed by atoms with Gasteiger partial charge in [-0.3, -0.25) is 60.7 Å². The van der Waals surface area contributed by atoms with E-state index in [1.807, 2.05) is 0 Å². The van der Waals surface area contributed by atoms with E-state index in [1.165, 1.54) is 0 Å². The molecule has 2 unspecified atom stereocenters. The molecule has 19 heteroatoms. The van der Waals surface area contributed by atoms with Crippen LogP contribution in [0.2, 0.25) is 0 Å². The van der Waals surface area contributed by atoms with Gasteiger partial charge < -0.3 is 0 Å². The van der Waals surface area contributed by atoms with Crippen molar-refractivity contribution in [3.05, 3.63) is 60.7 Å². The van der Waals surface area contributed by atoms with Gasteiger partial charge in [-0.1, -0.05) is 13.8 Å². The highest BCUT2D eigenvalue weighted by Crippen LogP contribution is 2.34. The molecule has 27 heavy (non-hydrogen) atoms. The SMILES string of the molecule is CCC([N+](=O)[O-])C(OC(C(CC)[N+](=O)[O-])([N+](=O)[O-])[N+](=O)[O-])([N+](=O)[O-])[N+](=O)[O-]. The highest BCUT2D eigenvalue weighted by atomic mass is 16.8. The van der Waals surface area contributed by atoms with E-state index in [2.05, 4.69) is 4.74 Å². The van der Waals surface area contributed by atoms with Crippen LogP contribution in [-0.2, 0) is 4.74 Å². The molecule has 0 spiro atoms. The van der Waals surface area contributed by atoms with Crippen LogP contribution in [0.25, 0.3) is 0 Å². The Hall–Kier alpha value is -3.64. The van der Waals surface area contributed by atoms with Crippen LogP contribution in [0.3, 0.4) is 0 Å². The molecule has 0 N–H and O–H groups in total. The Morgan fingerprint density at radius 2 is 0.852 bits per heavy atom. The minimum atomic E-state index is -4.54. The number of nitrogens with zero attached hydrogens (tertiary/aromatic N) is 6. The third kappa shape index (κ3) is 3.65. The van der Waals surface area contributed by atoms with E-state index in [4.69, 9.17) is 0 Å². The molecule has 0 saturated carbocycles. The van der Waals surface area contributed by atoms with Gasteiger partial charge in [0.25, 0.3) is 0 Å². The second-order valence-corrected chi connectivity index (χ2v) is 4.87. The second-order valence-electron chi connectivity index (χ2n) is 4.87. The summed E-state index contributed by atoms with van der Waals surface area (Å²) in [6.07, 6.45) is -2.04. The summed E-state index contributed by atoms with van der Waals surface area (Å²) in [5.74, 6) is -9.08. The average Bonchev–Trinajstić information content (AvgIpc) is 2.51. The lowest BCUT2D eigenvalue weighted by molar-refractivity contribution is -0.964. The summed E-state index contributed by atoms with van der Waals surface area (Å²) < 4.78 is 4.02. The summed E-state index contributed by atoms with van der Waals surface area (Å²) in [6.45, 7) is 1.67. The zero-order valence-electron chi connectivity index (χ0n) is 13.6. The molecule has 0 aromatic heterocycles. The summed E-state index contributed by atoms with van der Waals surface area (Å²) in [5, 5.41) is 67.2. The predicted octanol–water partition coefficient (Wildman–Crippen LogP) is -0.472. The number of rotatable bonds is 12. The Balaban J connectivity index is 7.08. The molecular formula is C8H12N6O13. The van der Waals surface area contributed by atoms with Gasteiger partial charge in [-0.25, -0.2) is 0 Å². The van der Waals surface area contributed by atoms with Crippen molar-refractivity contribution in [2.24, 2.45) is 0 Å². The Kier molecular flexibility index (Phi) is 7.06. The van der Waals surface area contributed by atoms with Gasteiger partial charge in [-0.2, -0.15) is 0 Å². The first kappa shape index (κ1) is 23.4. The van der Waals surface area contributed by atoms with Crippen molar-refractivity contribution >= 4 is 0 Å². The van der Waals surface area contributed by atoms with E-state index in [1.54, 1.807) is 0 Å². The Labute approximate surface area is 146 Å². The minimum Gasteiger partial charge on any atom is -0.263 e. The molecule has 0 fully saturated rings. The average molecular weight is 400 g/mol. The highest BCUT2D eigenvalue weighted by molar-refractivity contribution is 4.75. The molecule has 0 aromatic carbocycles. The first-order valence-electron chi connectivity index (χ1n) is 6.82. The lowest BCUT2D eigenvalue weighted by Crippen LogP contribution is -2.71. The van der Waals surface area contributed by atoms with Crippen LogP contribution in [0, 0.1) is 60.7 Å². The van der Waals surface area contributed by atoms with Crippen LogP contribution in [0.4, 0.5) is 0 Å². The van der Waals surface area contributed by atoms with Crippen LogP contribution in [0.5, 0.6) is 0 Å². The normalized spacial score (nSPS) is 14.0. The third-order valence-corrected chi connectivity index (χ3v) is 3.50. The quantitative estimate of drug-likeness (QED) is 0.228. The van der Waals surface area contributed by atoms with Crippen molar-refractivity contribution in [2.75, 3.05) is 0 Å². The molecule has 0 aliphatic heterocycles. The topological polar surface area (TPSA) is 268 Å². The number of hydrogen-bond acceptors (Lipinski definition) is 13. The monoisotopic (exact) mass is 400 g/mol. The van der Waals surface area contributed by atoms with Crippen LogP contribution in [0.15, 0.2) is 0 Å². The van der Waals surface area contributed by atoms with Gasteiger partial charge in [-0.15, -0.1) is 4.74 Å². The van der Waals surface area contributed by atoms with E-state index in [-0.39, 0.29) is 0 Å². The fourth-order valence-electron chi connectivity index (χ4n) is 2.23. The molecule has 19 nitrogen and oxygen atoms in total. The van der Waals surface area contributed by atoms with E-state index < -0.39 is 66.2 Å². The maximum atomic E-state index is 11.3. The Morgan fingerprint density at radius 1 is 0.630 bits per heavy atom. The van der Waals surface area contributed by atoms with E-state index in [0.717, 1.165) is 13.8 Å². The lowest BCUT2D eigenvalue weighted by Gasteiger charge is -2.23. The van der Waals surface area contributed by atoms with E-state index >= 15 is 0 Å². The largest absolute Gasteiger partial charge is 0.657 e. The minimum absolute atomic E-state index is 0.837. The summed E-state index contributed by atoms with van der Waals surface area (Å²) in [7, 11) is 0. The van der Waals surface area contributed by atoms with Gasteiger partial charge in [0.15, 0.2) is 0 Å². The van der Waals surface area contributed by atoms with Gasteiger partial charge in [0.2, 0.25) is 0 Å². The van der Waals surface area contributed by atoms with Crippen molar-refractivity contribution in [3.63, 3.8) is 0 Å². The van der Waals surface area contributed by atoms with Crippen molar-refractivity contribution in [1.29, 1.82) is 0 Å². The molecule has 0 radical (unpaired) electrons. The fourth-order valence-corrected chi connectivity index (χ4v) is 2.23. The summed E-state index contributed by atoms with van der Waals surface area (Å²) >= 11 is 0. The maximum Gasteiger partial charge on any atom is 0.657 e. The van der Waals surface area contributed by atoms with Crippen LogP contribution >= 0.6 is 0 Å². The van der Waals surface area contributed by atoms with Gasteiger partial charge >= 0.3 is 23.8 Å². The van der Waals surface area contributed by atoms with Gasteiger partial charge in [0.05, 0.1) is 0 Å². The number of hydrogen-bond donors (Lipinski definition) is 0. The summed E-state index contributed by atoms with van der Waals surface area (Å²) in [6, 6.07) is -5.88. The molecule has 2 atom stereocenters. The van der Waals surface area contributed by atoms with Crippen LogP contribution < -0.4 is 0 Å². The summed E-state index contributed by atoms with van der Waals surface area (Å²) in [4.78, 5) is 55.7. The van der Waals surface area contributed by atoms with E-state index in [0.29, 0.717) is 0 Å². The van der Waals surface area contributed by atoms with Crippen molar-refractivity contribution < 1.29 is 34.3 Å². The number of ether oxygens (including phenoxy) is 1. The highest BCUT2D eigenvalue weighted by Gasteiger charge is 2.86. The van der Waals surface area contributed by atoms with Crippen LogP contribution in [-0.4, -0.2) is 53.3 Å². The molecule has 0 aliphatic carbocycles. The second kappa shape index (κ2) is 8.16. The lowest BCUT2D eigenvalue weighted by atomic mass is 10.1. The molecule has 0 rings (SSSR count). The molecule has 0 heterocycles. The van der Waals surface area contributed by atoms with Crippen molar-refractivity contribution in [3.8, 4) is 0 Å². The molecule has 0 aromatic rings. The van der Waals surface area contributed by atoms with Gasteiger partial charge in [-0.05, 0) is 0 Å². The molecule has 0 bridgehead atoms. The third-order valence-electron chi connectivity index (χ3n) is 3.50. The molecule has 0 aliphatic rings. The first-order valence-corrected chi connectivity index (χ1v) is 6.82. The van der Waals surface area contributed by atoms with Crippen molar-refractivity contribution in [2.45, 2.75) is 50.5 Å².